The fourth-order valence-electron chi connectivity index (χ4n) is 1.67. The van der Waals surface area contributed by atoms with Gasteiger partial charge in [0.25, 0.3) is 0 Å². The molecule has 0 heterocycles. The monoisotopic (exact) mass is 313 g/mol. The minimum atomic E-state index is -3.69. The molecule has 6 nitrogen and oxygen atoms in total. The highest BCUT2D eigenvalue weighted by Gasteiger charge is 2.14. The number of benzene rings is 1. The molecule has 0 spiro atoms. The number of carbonyl (C=O) groups excluding carboxylic acids is 1. The Morgan fingerprint density at radius 3 is 2.19 bits per heavy atom. The molecular weight excluding hydrogens is 290 g/mol. The molecule has 1 aromatic carbocycles. The molecule has 1 aromatic rings. The Kier molecular flexibility index (Phi) is 5.49. The number of sulfonamides is 1. The summed E-state index contributed by atoms with van der Waals surface area (Å²) in [6.07, 6.45) is 0. The summed E-state index contributed by atoms with van der Waals surface area (Å²) in [7, 11) is -3.69. The summed E-state index contributed by atoms with van der Waals surface area (Å²) in [6, 6.07) is 5.93. The number of amides is 1. The largest absolute Gasteiger partial charge is 0.348 e. The molecule has 118 valence electrons. The molecule has 0 aromatic heterocycles. The van der Waals surface area contributed by atoms with Crippen molar-refractivity contribution in [2.24, 2.45) is 5.14 Å². The average molecular weight is 313 g/mol. The molecule has 0 aliphatic rings. The lowest BCUT2D eigenvalue weighted by molar-refractivity contribution is -0.121. The molecule has 4 N–H and O–H groups in total. The van der Waals surface area contributed by atoms with Crippen molar-refractivity contribution >= 4 is 15.9 Å². The Hall–Kier alpha value is -1.44. The highest BCUT2D eigenvalue weighted by atomic mass is 32.2. The van der Waals surface area contributed by atoms with E-state index in [1.807, 2.05) is 27.7 Å². The summed E-state index contributed by atoms with van der Waals surface area (Å²) in [6.45, 7) is 8.01. The van der Waals surface area contributed by atoms with E-state index in [1.54, 1.807) is 12.1 Å². The van der Waals surface area contributed by atoms with Crippen molar-refractivity contribution in [2.45, 2.75) is 44.2 Å². The van der Waals surface area contributed by atoms with Crippen LogP contribution < -0.4 is 15.8 Å². The van der Waals surface area contributed by atoms with Crippen molar-refractivity contribution in [3.8, 4) is 0 Å². The Morgan fingerprint density at radius 2 is 1.76 bits per heavy atom. The maximum atomic E-state index is 11.8. The second kappa shape index (κ2) is 6.55. The van der Waals surface area contributed by atoms with E-state index in [0.717, 1.165) is 5.56 Å². The third kappa shape index (κ3) is 6.24. The van der Waals surface area contributed by atoms with Gasteiger partial charge in [0.15, 0.2) is 0 Å². The lowest BCUT2D eigenvalue weighted by Crippen LogP contribution is -2.43. The highest BCUT2D eigenvalue weighted by molar-refractivity contribution is 7.89. The lowest BCUT2D eigenvalue weighted by Gasteiger charge is -2.21. The van der Waals surface area contributed by atoms with E-state index in [1.165, 1.54) is 12.1 Å². The number of primary sulfonamides is 1. The van der Waals surface area contributed by atoms with Gasteiger partial charge in [-0.3, -0.25) is 4.79 Å². The minimum Gasteiger partial charge on any atom is -0.348 e. The first kappa shape index (κ1) is 17.6. The smallest absolute Gasteiger partial charge is 0.238 e. The van der Waals surface area contributed by atoms with Crippen molar-refractivity contribution < 1.29 is 13.2 Å². The van der Waals surface area contributed by atoms with Crippen molar-refractivity contribution in [1.82, 2.24) is 10.6 Å². The van der Waals surface area contributed by atoms with Gasteiger partial charge in [-0.05, 0) is 45.4 Å². The molecule has 0 saturated carbocycles. The fraction of sp³-hybridized carbons (Fsp3) is 0.500. The first-order valence-electron chi connectivity index (χ1n) is 6.66. The molecule has 21 heavy (non-hydrogen) atoms. The summed E-state index contributed by atoms with van der Waals surface area (Å²) in [5.74, 6) is -0.118. The molecule has 0 bridgehead atoms. The molecule has 0 fully saturated rings. The molecular formula is C14H23N3O3S. The average Bonchev–Trinajstić information content (AvgIpc) is 2.34. The Bertz CT molecular complexity index is 589. The van der Waals surface area contributed by atoms with Gasteiger partial charge in [0.05, 0.1) is 17.5 Å². The second-order valence-electron chi connectivity index (χ2n) is 6.01. The minimum absolute atomic E-state index is 0.0548. The predicted molar refractivity (Wildman–Crippen MR) is 82.1 cm³/mol. The molecule has 1 rings (SSSR count). The van der Waals surface area contributed by atoms with Gasteiger partial charge < -0.3 is 10.6 Å². The van der Waals surface area contributed by atoms with Crippen LogP contribution in [0.5, 0.6) is 0 Å². The van der Waals surface area contributed by atoms with E-state index < -0.39 is 10.0 Å². The summed E-state index contributed by atoms with van der Waals surface area (Å²) < 4.78 is 22.3. The first-order chi connectivity index (χ1) is 9.49. The van der Waals surface area contributed by atoms with Crippen LogP contribution >= 0.6 is 0 Å². The van der Waals surface area contributed by atoms with Crippen LogP contribution in [0.2, 0.25) is 0 Å². The van der Waals surface area contributed by atoms with Crippen molar-refractivity contribution in [3.05, 3.63) is 29.8 Å². The summed E-state index contributed by atoms with van der Waals surface area (Å²) in [5.41, 5.74) is 0.684. The van der Waals surface area contributed by atoms with E-state index in [4.69, 9.17) is 5.14 Å². The Balaban J connectivity index is 2.64. The number of hydrogen-bond acceptors (Lipinski definition) is 4. The Labute approximate surface area is 126 Å². The standard InChI is InChI=1S/C14H23N3O3S/c1-10(17-13(18)9-16-14(2,3)4)11-5-7-12(8-6-11)21(15,19)20/h5-8,10,16H,9H2,1-4H3,(H,17,18)(H2,15,19,20). The van der Waals surface area contributed by atoms with Gasteiger partial charge in [0.1, 0.15) is 0 Å². The number of rotatable bonds is 5. The van der Waals surface area contributed by atoms with Crippen LogP contribution in [0.25, 0.3) is 0 Å². The van der Waals surface area contributed by atoms with Gasteiger partial charge in [-0.2, -0.15) is 0 Å². The van der Waals surface area contributed by atoms with Gasteiger partial charge in [0, 0.05) is 5.54 Å². The fourth-order valence-corrected chi connectivity index (χ4v) is 2.18. The third-order valence-corrected chi connectivity index (χ3v) is 3.79. The molecule has 7 heteroatoms. The maximum Gasteiger partial charge on any atom is 0.238 e. The van der Waals surface area contributed by atoms with Gasteiger partial charge >= 0.3 is 0 Å². The zero-order chi connectivity index (χ0) is 16.3. The van der Waals surface area contributed by atoms with Crippen LogP contribution in [0.1, 0.15) is 39.3 Å². The van der Waals surface area contributed by atoms with Crippen LogP contribution in [0.4, 0.5) is 0 Å². The molecule has 0 aliphatic carbocycles. The molecule has 0 radical (unpaired) electrons. The van der Waals surface area contributed by atoms with E-state index >= 15 is 0 Å². The number of nitrogens with one attached hydrogen (secondary N) is 2. The van der Waals surface area contributed by atoms with Crippen LogP contribution in [0.15, 0.2) is 29.2 Å². The summed E-state index contributed by atoms with van der Waals surface area (Å²) in [5, 5.41) is 11.0. The van der Waals surface area contributed by atoms with Crippen molar-refractivity contribution in [2.75, 3.05) is 6.54 Å². The van der Waals surface area contributed by atoms with E-state index in [-0.39, 0.29) is 28.9 Å². The number of nitrogens with two attached hydrogens (primary N) is 1. The molecule has 1 unspecified atom stereocenters. The zero-order valence-electron chi connectivity index (χ0n) is 12.8. The van der Waals surface area contributed by atoms with Crippen LogP contribution in [0.3, 0.4) is 0 Å². The summed E-state index contributed by atoms with van der Waals surface area (Å²) >= 11 is 0. The van der Waals surface area contributed by atoms with Crippen molar-refractivity contribution in [3.63, 3.8) is 0 Å². The zero-order valence-corrected chi connectivity index (χ0v) is 13.6. The SMILES string of the molecule is CC(NC(=O)CNC(C)(C)C)c1ccc(S(N)(=O)=O)cc1. The topological polar surface area (TPSA) is 101 Å². The second-order valence-corrected chi connectivity index (χ2v) is 7.57. The first-order valence-corrected chi connectivity index (χ1v) is 8.21. The van der Waals surface area contributed by atoms with Crippen LogP contribution in [0, 0.1) is 0 Å². The van der Waals surface area contributed by atoms with E-state index in [0.29, 0.717) is 0 Å². The molecule has 0 aliphatic heterocycles. The van der Waals surface area contributed by atoms with Crippen LogP contribution in [-0.2, 0) is 14.8 Å². The van der Waals surface area contributed by atoms with Gasteiger partial charge in [-0.15, -0.1) is 0 Å². The van der Waals surface area contributed by atoms with Crippen LogP contribution in [-0.4, -0.2) is 26.4 Å². The van der Waals surface area contributed by atoms with E-state index in [2.05, 4.69) is 10.6 Å². The molecule has 1 atom stereocenters. The number of carbonyl (C=O) groups is 1. The third-order valence-electron chi connectivity index (χ3n) is 2.87. The number of hydrogen-bond donors (Lipinski definition) is 3. The van der Waals surface area contributed by atoms with Gasteiger partial charge in [0.2, 0.25) is 15.9 Å². The normalized spacial score (nSPS) is 13.8. The molecule has 0 saturated heterocycles. The maximum absolute atomic E-state index is 11.8. The van der Waals surface area contributed by atoms with Crippen molar-refractivity contribution in [1.29, 1.82) is 0 Å². The van der Waals surface area contributed by atoms with Gasteiger partial charge in [-0.25, -0.2) is 13.6 Å². The lowest BCUT2D eigenvalue weighted by atomic mass is 10.1. The predicted octanol–water partition coefficient (Wildman–Crippen LogP) is 0.899. The summed E-state index contributed by atoms with van der Waals surface area (Å²) in [4.78, 5) is 11.9. The Morgan fingerprint density at radius 1 is 1.24 bits per heavy atom. The quantitative estimate of drug-likeness (QED) is 0.751. The van der Waals surface area contributed by atoms with Gasteiger partial charge in [-0.1, -0.05) is 12.1 Å². The molecule has 1 amide bonds. The van der Waals surface area contributed by atoms with E-state index in [9.17, 15) is 13.2 Å². The highest BCUT2D eigenvalue weighted by Crippen LogP contribution is 2.15.